The molecule has 3 nitrogen and oxygen atoms in total. The van der Waals surface area contributed by atoms with Crippen molar-refractivity contribution in [2.45, 2.75) is 32.6 Å². The van der Waals surface area contributed by atoms with E-state index in [0.717, 1.165) is 0 Å². The molecule has 0 spiro atoms. The van der Waals surface area contributed by atoms with Gasteiger partial charge in [-0.15, -0.1) is 0 Å². The van der Waals surface area contributed by atoms with Gasteiger partial charge in [0.05, 0.1) is 0 Å². The van der Waals surface area contributed by atoms with E-state index in [-0.39, 0.29) is 29.9 Å². The summed E-state index contributed by atoms with van der Waals surface area (Å²) in [7, 11) is 0. The number of rotatable bonds is 3. The lowest BCUT2D eigenvalue weighted by atomic mass is 9.93. The molecule has 0 saturated carbocycles. The van der Waals surface area contributed by atoms with Crippen LogP contribution < -0.4 is 0 Å². The summed E-state index contributed by atoms with van der Waals surface area (Å²) in [6.45, 7) is 5.65. The zero-order valence-electron chi connectivity index (χ0n) is 9.36. The van der Waals surface area contributed by atoms with Crippen LogP contribution in [0.1, 0.15) is 43.7 Å². The molecular formula is C12H18O3. The normalized spacial score (nSPS) is 13.1. The second-order valence-electron chi connectivity index (χ2n) is 4.21. The predicted octanol–water partition coefficient (Wildman–Crippen LogP) is 2.32. The summed E-state index contributed by atoms with van der Waals surface area (Å²) in [5.74, 6) is 0.285. The Balaban J connectivity index is 3.28. The van der Waals surface area contributed by atoms with Gasteiger partial charge < -0.3 is 15.3 Å². The van der Waals surface area contributed by atoms with Crippen molar-refractivity contribution >= 4 is 0 Å². The lowest BCUT2D eigenvalue weighted by Crippen LogP contribution is -2.01. The van der Waals surface area contributed by atoms with Crippen LogP contribution in [0.4, 0.5) is 0 Å². The van der Waals surface area contributed by atoms with Gasteiger partial charge in [-0.2, -0.15) is 0 Å². The summed E-state index contributed by atoms with van der Waals surface area (Å²) in [5.41, 5.74) is 1.31. The molecule has 3 N–H and O–H groups in total. The van der Waals surface area contributed by atoms with Gasteiger partial charge in [0.15, 0.2) is 0 Å². The Hall–Kier alpha value is -1.22. The van der Waals surface area contributed by atoms with Gasteiger partial charge in [0.25, 0.3) is 0 Å². The van der Waals surface area contributed by atoms with E-state index >= 15 is 0 Å². The number of aliphatic hydroxyl groups excluding tert-OH is 1. The van der Waals surface area contributed by atoms with E-state index in [1.54, 1.807) is 13.0 Å². The minimum Gasteiger partial charge on any atom is -0.508 e. The third kappa shape index (κ3) is 2.42. The standard InChI is InChI=1S/C12H18O3/c1-7(2)10-4-9(14)5-11(12(10)15)8(3)6-13/h4-5,7-8,13-15H,6H2,1-3H3. The number of aliphatic hydroxyl groups is 1. The van der Waals surface area contributed by atoms with Gasteiger partial charge in [-0.1, -0.05) is 20.8 Å². The Kier molecular flexibility index (Phi) is 3.58. The van der Waals surface area contributed by atoms with Gasteiger partial charge in [0.2, 0.25) is 0 Å². The summed E-state index contributed by atoms with van der Waals surface area (Å²) >= 11 is 0. The summed E-state index contributed by atoms with van der Waals surface area (Å²) in [6, 6.07) is 3.07. The van der Waals surface area contributed by atoms with Gasteiger partial charge in [0.1, 0.15) is 11.5 Å². The van der Waals surface area contributed by atoms with Crippen molar-refractivity contribution in [1.82, 2.24) is 0 Å². The van der Waals surface area contributed by atoms with Gasteiger partial charge in [0, 0.05) is 23.7 Å². The minimum absolute atomic E-state index is 0.0471. The first-order chi connectivity index (χ1) is 6.97. The lowest BCUT2D eigenvalue weighted by molar-refractivity contribution is 0.270. The molecule has 1 atom stereocenters. The fraction of sp³-hybridized carbons (Fsp3) is 0.500. The molecule has 0 heterocycles. The van der Waals surface area contributed by atoms with E-state index in [4.69, 9.17) is 5.11 Å². The fourth-order valence-electron chi connectivity index (χ4n) is 1.58. The Morgan fingerprint density at radius 1 is 1.07 bits per heavy atom. The maximum Gasteiger partial charge on any atom is 0.122 e. The smallest absolute Gasteiger partial charge is 0.122 e. The van der Waals surface area contributed by atoms with Crippen LogP contribution in [0.25, 0.3) is 0 Å². The second-order valence-corrected chi connectivity index (χ2v) is 4.21. The van der Waals surface area contributed by atoms with Crippen LogP contribution in [-0.4, -0.2) is 21.9 Å². The molecule has 0 aliphatic heterocycles. The minimum atomic E-state index is -0.172. The molecule has 0 amide bonds. The van der Waals surface area contributed by atoms with E-state index in [1.807, 2.05) is 13.8 Å². The summed E-state index contributed by atoms with van der Waals surface area (Å²) in [4.78, 5) is 0. The molecule has 3 heteroatoms. The predicted molar refractivity (Wildman–Crippen MR) is 59.4 cm³/mol. The van der Waals surface area contributed by atoms with Crippen molar-refractivity contribution in [1.29, 1.82) is 0 Å². The van der Waals surface area contributed by atoms with Crippen molar-refractivity contribution in [3.63, 3.8) is 0 Å². The first kappa shape index (κ1) is 11.9. The summed E-state index contributed by atoms with van der Waals surface area (Å²) < 4.78 is 0. The van der Waals surface area contributed by atoms with Crippen LogP contribution in [0.15, 0.2) is 12.1 Å². The average molecular weight is 210 g/mol. The molecule has 1 rings (SSSR count). The zero-order valence-corrected chi connectivity index (χ0v) is 9.36. The van der Waals surface area contributed by atoms with Crippen LogP contribution in [0.3, 0.4) is 0 Å². The molecule has 0 bridgehead atoms. The molecule has 0 saturated heterocycles. The quantitative estimate of drug-likeness (QED) is 0.671. The van der Waals surface area contributed by atoms with E-state index in [1.165, 1.54) is 6.07 Å². The van der Waals surface area contributed by atoms with E-state index in [2.05, 4.69) is 0 Å². The molecule has 1 unspecified atom stereocenters. The molecule has 1 aromatic carbocycles. The van der Waals surface area contributed by atoms with Crippen molar-refractivity contribution in [3.05, 3.63) is 23.3 Å². The van der Waals surface area contributed by atoms with Gasteiger partial charge in [-0.05, 0) is 18.1 Å². The Labute approximate surface area is 90.0 Å². The third-order valence-electron chi connectivity index (χ3n) is 2.58. The number of aromatic hydroxyl groups is 2. The number of phenols is 2. The molecule has 0 aromatic heterocycles. The van der Waals surface area contributed by atoms with E-state index in [0.29, 0.717) is 11.1 Å². The van der Waals surface area contributed by atoms with Crippen LogP contribution >= 0.6 is 0 Å². The van der Waals surface area contributed by atoms with Crippen LogP contribution in [0.2, 0.25) is 0 Å². The van der Waals surface area contributed by atoms with Crippen LogP contribution in [0, 0.1) is 0 Å². The first-order valence-electron chi connectivity index (χ1n) is 5.14. The van der Waals surface area contributed by atoms with Crippen molar-refractivity contribution < 1.29 is 15.3 Å². The maximum absolute atomic E-state index is 9.96. The van der Waals surface area contributed by atoms with Gasteiger partial charge in [-0.3, -0.25) is 0 Å². The summed E-state index contributed by atoms with van der Waals surface area (Å²) in [5, 5.41) is 28.5. The second kappa shape index (κ2) is 4.53. The Bertz CT molecular complexity index is 345. The van der Waals surface area contributed by atoms with E-state index < -0.39 is 0 Å². The van der Waals surface area contributed by atoms with Crippen molar-refractivity contribution in [3.8, 4) is 11.5 Å². The molecule has 1 aromatic rings. The third-order valence-corrected chi connectivity index (χ3v) is 2.58. The van der Waals surface area contributed by atoms with Crippen molar-refractivity contribution in [2.75, 3.05) is 6.61 Å². The van der Waals surface area contributed by atoms with Crippen LogP contribution in [-0.2, 0) is 0 Å². The lowest BCUT2D eigenvalue weighted by Gasteiger charge is -2.16. The number of hydrogen-bond acceptors (Lipinski definition) is 3. The monoisotopic (exact) mass is 210 g/mol. The number of benzene rings is 1. The van der Waals surface area contributed by atoms with Gasteiger partial charge >= 0.3 is 0 Å². The summed E-state index contributed by atoms with van der Waals surface area (Å²) in [6.07, 6.45) is 0. The zero-order chi connectivity index (χ0) is 11.6. The molecule has 0 aliphatic rings. The average Bonchev–Trinajstić information content (AvgIpc) is 2.19. The SMILES string of the molecule is CC(C)c1cc(O)cc(C(C)CO)c1O. The highest BCUT2D eigenvalue weighted by Gasteiger charge is 2.16. The molecule has 0 fully saturated rings. The highest BCUT2D eigenvalue weighted by atomic mass is 16.3. The van der Waals surface area contributed by atoms with Gasteiger partial charge in [-0.25, -0.2) is 0 Å². The largest absolute Gasteiger partial charge is 0.508 e. The number of phenolic OH excluding ortho intramolecular Hbond substituents is 2. The Morgan fingerprint density at radius 3 is 2.07 bits per heavy atom. The number of hydrogen-bond donors (Lipinski definition) is 3. The first-order valence-corrected chi connectivity index (χ1v) is 5.14. The van der Waals surface area contributed by atoms with Crippen LogP contribution in [0.5, 0.6) is 11.5 Å². The molecule has 84 valence electrons. The Morgan fingerprint density at radius 2 is 1.60 bits per heavy atom. The topological polar surface area (TPSA) is 60.7 Å². The highest BCUT2D eigenvalue weighted by Crippen LogP contribution is 2.36. The fourth-order valence-corrected chi connectivity index (χ4v) is 1.58. The molecule has 0 radical (unpaired) electrons. The molecule has 15 heavy (non-hydrogen) atoms. The highest BCUT2D eigenvalue weighted by molar-refractivity contribution is 5.48. The molecular weight excluding hydrogens is 192 g/mol. The molecule has 0 aliphatic carbocycles. The maximum atomic E-state index is 9.96. The van der Waals surface area contributed by atoms with Crippen molar-refractivity contribution in [2.24, 2.45) is 0 Å². The van der Waals surface area contributed by atoms with E-state index in [9.17, 15) is 10.2 Å².